The maximum Gasteiger partial charge on any atom is 0.417 e. The number of anilines is 2. The van der Waals surface area contributed by atoms with Gasteiger partial charge in [0.05, 0.1) is 11.3 Å². The smallest absolute Gasteiger partial charge is 0.350 e. The fourth-order valence-electron chi connectivity index (χ4n) is 2.93. The topological polar surface area (TPSA) is 76.6 Å². The number of urea groups is 1. The first-order valence-corrected chi connectivity index (χ1v) is 8.50. The normalized spacial score (nSPS) is 14.1. The summed E-state index contributed by atoms with van der Waals surface area (Å²) < 4.78 is 48.3. The highest BCUT2D eigenvalue weighted by molar-refractivity contribution is 6.01. The minimum absolute atomic E-state index is 0.0212. The number of rotatable bonds is 4. The second-order valence-corrected chi connectivity index (χ2v) is 6.14. The minimum Gasteiger partial charge on any atom is -0.350 e. The van der Waals surface area contributed by atoms with Crippen LogP contribution >= 0.6 is 0 Å². The number of aromatic nitrogens is 2. The fourth-order valence-corrected chi connectivity index (χ4v) is 2.93. The number of hydrogen-bond acceptors (Lipinski definition) is 5. The van der Waals surface area contributed by atoms with Gasteiger partial charge in [-0.15, -0.1) is 0 Å². The zero-order valence-corrected chi connectivity index (χ0v) is 15.3. The van der Waals surface area contributed by atoms with E-state index in [1.807, 2.05) is 6.07 Å². The third kappa shape index (κ3) is 4.23. The van der Waals surface area contributed by atoms with Crippen LogP contribution < -0.4 is 10.2 Å². The van der Waals surface area contributed by atoms with Crippen molar-refractivity contribution in [2.75, 3.05) is 31.0 Å². The largest absolute Gasteiger partial charge is 0.417 e. The lowest BCUT2D eigenvalue weighted by molar-refractivity contribution is -0.137. The van der Waals surface area contributed by atoms with Crippen LogP contribution in [0.1, 0.15) is 29.5 Å². The molecule has 0 spiro atoms. The number of nitrogens with zero attached hydrogens (tertiary/aromatic N) is 3. The molecule has 0 aliphatic carbocycles. The molecule has 3 rings (SSSR count). The van der Waals surface area contributed by atoms with E-state index in [4.69, 9.17) is 9.47 Å². The van der Waals surface area contributed by atoms with E-state index >= 15 is 0 Å². The number of pyridine rings is 2. The molecule has 2 aromatic heterocycles. The molecule has 1 N–H and O–H groups in total. The molecule has 0 radical (unpaired) electrons. The molecule has 10 heteroatoms. The zero-order chi connectivity index (χ0) is 20.3. The van der Waals surface area contributed by atoms with Gasteiger partial charge in [0.15, 0.2) is 0 Å². The molecule has 0 saturated heterocycles. The van der Waals surface area contributed by atoms with Crippen LogP contribution in [-0.4, -0.2) is 36.8 Å². The van der Waals surface area contributed by atoms with Crippen LogP contribution in [0.4, 0.5) is 29.6 Å². The summed E-state index contributed by atoms with van der Waals surface area (Å²) in [5.41, 5.74) is 0.512. The van der Waals surface area contributed by atoms with E-state index in [2.05, 4.69) is 15.3 Å². The van der Waals surface area contributed by atoms with Crippen LogP contribution in [0.5, 0.6) is 0 Å². The van der Waals surface area contributed by atoms with Crippen LogP contribution in [0.25, 0.3) is 0 Å². The Kier molecular flexibility index (Phi) is 5.80. The van der Waals surface area contributed by atoms with Crippen molar-refractivity contribution in [3.63, 3.8) is 0 Å². The molecule has 28 heavy (non-hydrogen) atoms. The molecule has 1 aliphatic rings. The first kappa shape index (κ1) is 20.0. The predicted octanol–water partition coefficient (Wildman–Crippen LogP) is 3.77. The summed E-state index contributed by atoms with van der Waals surface area (Å²) in [6.07, 6.45) is -2.98. The fraction of sp³-hybridized carbons (Fsp3) is 0.389. The third-order valence-electron chi connectivity index (χ3n) is 4.30. The Hall–Kier alpha value is -2.72. The molecular formula is C18H19F3N4O3. The van der Waals surface area contributed by atoms with Crippen LogP contribution in [0.3, 0.4) is 0 Å². The van der Waals surface area contributed by atoms with Gasteiger partial charge in [0.1, 0.15) is 11.6 Å². The number of carbonyl (C=O) groups is 1. The van der Waals surface area contributed by atoms with E-state index in [0.717, 1.165) is 30.5 Å². The maximum absolute atomic E-state index is 12.7. The van der Waals surface area contributed by atoms with E-state index in [1.54, 1.807) is 6.07 Å². The van der Waals surface area contributed by atoms with Crippen molar-refractivity contribution in [2.24, 2.45) is 0 Å². The van der Waals surface area contributed by atoms with Crippen molar-refractivity contribution < 1.29 is 27.4 Å². The van der Waals surface area contributed by atoms with E-state index in [9.17, 15) is 18.0 Å². The maximum atomic E-state index is 12.7. The molecule has 0 fully saturated rings. The summed E-state index contributed by atoms with van der Waals surface area (Å²) >= 11 is 0. The van der Waals surface area contributed by atoms with Gasteiger partial charge in [0.2, 0.25) is 6.29 Å². The molecule has 3 heterocycles. The van der Waals surface area contributed by atoms with Crippen LogP contribution in [0.15, 0.2) is 30.5 Å². The summed E-state index contributed by atoms with van der Waals surface area (Å²) in [5, 5.41) is 2.51. The molecule has 1 aliphatic heterocycles. The number of ether oxygens (including phenoxy) is 2. The van der Waals surface area contributed by atoms with E-state index in [-0.39, 0.29) is 5.82 Å². The molecule has 150 valence electrons. The molecule has 0 unspecified atom stereocenters. The van der Waals surface area contributed by atoms with Crippen LogP contribution in [-0.2, 0) is 22.1 Å². The number of nitrogens with one attached hydrogen (secondary N) is 1. The van der Waals surface area contributed by atoms with Gasteiger partial charge >= 0.3 is 12.2 Å². The predicted molar refractivity (Wildman–Crippen MR) is 94.9 cm³/mol. The van der Waals surface area contributed by atoms with Gasteiger partial charge in [-0.05, 0) is 36.6 Å². The highest BCUT2D eigenvalue weighted by Gasteiger charge is 2.31. The summed E-state index contributed by atoms with van der Waals surface area (Å²) in [5.74, 6) is 0.486. The van der Waals surface area contributed by atoms with Gasteiger partial charge in [-0.2, -0.15) is 13.2 Å². The molecule has 2 amide bonds. The quantitative estimate of drug-likeness (QED) is 0.796. The molecule has 0 bridgehead atoms. The number of aryl methyl sites for hydroxylation is 1. The van der Waals surface area contributed by atoms with Crippen molar-refractivity contribution in [1.29, 1.82) is 0 Å². The van der Waals surface area contributed by atoms with Crippen molar-refractivity contribution >= 4 is 17.7 Å². The Balaban J connectivity index is 1.81. The van der Waals surface area contributed by atoms with Crippen LogP contribution in [0, 0.1) is 0 Å². The monoisotopic (exact) mass is 396 g/mol. The average molecular weight is 396 g/mol. The highest BCUT2D eigenvalue weighted by atomic mass is 19.4. The lowest BCUT2D eigenvalue weighted by Gasteiger charge is -2.29. The Morgan fingerprint density at radius 2 is 1.96 bits per heavy atom. The number of halogens is 3. The Morgan fingerprint density at radius 3 is 2.57 bits per heavy atom. The molecule has 0 atom stereocenters. The minimum atomic E-state index is -4.49. The Morgan fingerprint density at radius 1 is 1.21 bits per heavy atom. The summed E-state index contributed by atoms with van der Waals surface area (Å²) in [6, 6.07) is 5.09. The molecular weight excluding hydrogens is 377 g/mol. The van der Waals surface area contributed by atoms with Gasteiger partial charge in [0, 0.05) is 27.0 Å². The van der Waals surface area contributed by atoms with Gasteiger partial charge in [-0.1, -0.05) is 6.07 Å². The standard InChI is InChI=1S/C18H19F3N4O3/c1-27-16(28-2)13-7-5-11-4-3-9-25(15(11)23-13)17(26)24-14-8-6-12(10-22-14)18(19,20)21/h5-8,10,16H,3-4,9H2,1-2H3,(H,22,24,26). The van der Waals surface area contributed by atoms with Crippen molar-refractivity contribution in [3.05, 3.63) is 47.3 Å². The zero-order valence-electron chi connectivity index (χ0n) is 15.3. The number of fused-ring (bicyclic) bond motifs is 1. The summed E-state index contributed by atoms with van der Waals surface area (Å²) in [7, 11) is 2.96. The Bertz CT molecular complexity index is 839. The second-order valence-electron chi connectivity index (χ2n) is 6.14. The first-order valence-electron chi connectivity index (χ1n) is 8.50. The number of carbonyl (C=O) groups excluding carboxylic acids is 1. The third-order valence-corrected chi connectivity index (χ3v) is 4.30. The molecule has 0 aromatic carbocycles. The van der Waals surface area contributed by atoms with Crippen molar-refractivity contribution in [3.8, 4) is 0 Å². The number of amides is 2. The van der Waals surface area contributed by atoms with Gasteiger partial charge in [0.25, 0.3) is 0 Å². The molecule has 7 nitrogen and oxygen atoms in total. The van der Waals surface area contributed by atoms with E-state index in [1.165, 1.54) is 19.1 Å². The van der Waals surface area contributed by atoms with Gasteiger partial charge in [-0.25, -0.2) is 14.8 Å². The molecule has 2 aromatic rings. The van der Waals surface area contributed by atoms with Crippen molar-refractivity contribution in [2.45, 2.75) is 25.3 Å². The molecule has 0 saturated carbocycles. The van der Waals surface area contributed by atoms with E-state index in [0.29, 0.717) is 24.3 Å². The summed E-state index contributed by atoms with van der Waals surface area (Å²) in [6.45, 7) is 0.417. The van der Waals surface area contributed by atoms with Crippen molar-refractivity contribution in [1.82, 2.24) is 9.97 Å². The number of hydrogen-bond donors (Lipinski definition) is 1. The average Bonchev–Trinajstić information content (AvgIpc) is 2.68. The number of alkyl halides is 3. The van der Waals surface area contributed by atoms with Crippen LogP contribution in [0.2, 0.25) is 0 Å². The summed E-state index contributed by atoms with van der Waals surface area (Å²) in [4.78, 5) is 22.3. The van der Waals surface area contributed by atoms with E-state index < -0.39 is 24.1 Å². The highest BCUT2D eigenvalue weighted by Crippen LogP contribution is 2.30. The van der Waals surface area contributed by atoms with Gasteiger partial charge in [-0.3, -0.25) is 10.2 Å². The Labute approximate surface area is 159 Å². The lowest BCUT2D eigenvalue weighted by Crippen LogP contribution is -2.39. The second kappa shape index (κ2) is 8.11. The lowest BCUT2D eigenvalue weighted by atomic mass is 10.1. The number of methoxy groups -OCH3 is 2. The first-order chi connectivity index (χ1) is 13.3. The SMILES string of the molecule is COC(OC)c1ccc2c(n1)N(C(=O)Nc1ccc(C(F)(F)F)cn1)CCC2. The van der Waals surface area contributed by atoms with Gasteiger partial charge < -0.3 is 9.47 Å².